The van der Waals surface area contributed by atoms with Crippen molar-refractivity contribution in [2.75, 3.05) is 7.11 Å². The van der Waals surface area contributed by atoms with E-state index >= 15 is 0 Å². The lowest BCUT2D eigenvalue weighted by Gasteiger charge is -1.88. The summed E-state index contributed by atoms with van der Waals surface area (Å²) in [5, 5.41) is 6.19. The van der Waals surface area contributed by atoms with E-state index in [0.29, 0.717) is 0 Å². The van der Waals surface area contributed by atoms with E-state index in [9.17, 15) is 0 Å². The van der Waals surface area contributed by atoms with E-state index in [1.807, 2.05) is 12.1 Å². The van der Waals surface area contributed by atoms with Crippen LogP contribution in [0.4, 0.5) is 0 Å². The Morgan fingerprint density at radius 1 is 1.67 bits per heavy atom. The number of rotatable bonds is 2. The molecule has 1 aromatic heterocycles. The minimum atomic E-state index is 0.906. The van der Waals surface area contributed by atoms with Gasteiger partial charge in [-0.2, -0.15) is 0 Å². The highest BCUT2D eigenvalue weighted by molar-refractivity contribution is 7.99. The van der Waals surface area contributed by atoms with Crippen molar-refractivity contribution < 1.29 is 4.74 Å². The van der Waals surface area contributed by atoms with Crippen LogP contribution in [0.2, 0.25) is 0 Å². The minimum Gasteiger partial charge on any atom is -0.487 e. The van der Waals surface area contributed by atoms with Gasteiger partial charge in [-0.15, -0.1) is 0 Å². The van der Waals surface area contributed by atoms with Crippen molar-refractivity contribution in [3.05, 3.63) is 12.1 Å². The van der Waals surface area contributed by atoms with Crippen LogP contribution in [0.5, 0.6) is 5.06 Å². The van der Waals surface area contributed by atoms with Gasteiger partial charge in [0.15, 0.2) is 5.06 Å². The summed E-state index contributed by atoms with van der Waals surface area (Å²) >= 11 is 2.79. The molecule has 0 unspecified atom stereocenters. The number of methoxy groups -OCH3 is 1. The average Bonchev–Trinajstić information content (AvgIpc) is 2.34. The van der Waals surface area contributed by atoms with Crippen molar-refractivity contribution in [1.82, 2.24) is 0 Å². The molecule has 9 heavy (non-hydrogen) atoms. The lowest BCUT2D eigenvalue weighted by atomic mass is 10.6. The Balaban J connectivity index is 2.74. The van der Waals surface area contributed by atoms with Crippen LogP contribution in [0.3, 0.4) is 0 Å². The largest absolute Gasteiger partial charge is 0.487 e. The summed E-state index contributed by atoms with van der Waals surface area (Å²) in [6.07, 6.45) is 0. The number of thiophene rings is 1. The molecule has 2 nitrogen and oxygen atoms in total. The van der Waals surface area contributed by atoms with Crippen molar-refractivity contribution in [2.45, 2.75) is 4.21 Å². The normalized spacial score (nSPS) is 9.56. The van der Waals surface area contributed by atoms with Crippen molar-refractivity contribution in [3.8, 4) is 5.06 Å². The summed E-state index contributed by atoms with van der Waals surface area (Å²) in [7, 11) is 1.65. The van der Waals surface area contributed by atoms with Crippen LogP contribution in [-0.4, -0.2) is 7.11 Å². The Bertz CT molecular complexity index is 168. The second-order valence-electron chi connectivity index (χ2n) is 1.40. The Morgan fingerprint density at radius 3 is 2.78 bits per heavy atom. The Morgan fingerprint density at radius 2 is 2.44 bits per heavy atom. The summed E-state index contributed by atoms with van der Waals surface area (Å²) in [6.45, 7) is 0. The third-order valence-corrected chi connectivity index (χ3v) is 2.62. The van der Waals surface area contributed by atoms with Gasteiger partial charge in [0, 0.05) is 0 Å². The molecular formula is C5H7NOS2. The van der Waals surface area contributed by atoms with E-state index in [0.717, 1.165) is 9.27 Å². The molecule has 0 radical (unpaired) electrons. The molecule has 0 fully saturated rings. The van der Waals surface area contributed by atoms with Gasteiger partial charge in [-0.1, -0.05) is 11.3 Å². The predicted octanol–water partition coefficient (Wildman–Crippen LogP) is 1.72. The summed E-state index contributed by atoms with van der Waals surface area (Å²) in [5.74, 6) is 0. The molecule has 1 rings (SSSR count). The molecule has 0 saturated heterocycles. The van der Waals surface area contributed by atoms with Crippen LogP contribution in [0.1, 0.15) is 0 Å². The predicted molar refractivity (Wildman–Crippen MR) is 40.9 cm³/mol. The van der Waals surface area contributed by atoms with Gasteiger partial charge in [0.1, 0.15) is 0 Å². The van der Waals surface area contributed by atoms with Crippen LogP contribution >= 0.6 is 23.3 Å². The van der Waals surface area contributed by atoms with Gasteiger partial charge in [0.25, 0.3) is 0 Å². The topological polar surface area (TPSA) is 35.2 Å². The van der Waals surface area contributed by atoms with E-state index in [1.54, 1.807) is 18.4 Å². The number of hydrogen-bond acceptors (Lipinski definition) is 4. The molecule has 0 saturated carbocycles. The molecule has 50 valence electrons. The molecule has 0 aromatic carbocycles. The average molecular weight is 161 g/mol. The molecule has 0 spiro atoms. The monoisotopic (exact) mass is 161 g/mol. The Hall–Kier alpha value is -0.190. The van der Waals surface area contributed by atoms with Gasteiger partial charge < -0.3 is 4.74 Å². The molecule has 0 amide bonds. The molecule has 4 heteroatoms. The summed E-state index contributed by atoms with van der Waals surface area (Å²) in [5.41, 5.74) is 0. The van der Waals surface area contributed by atoms with Gasteiger partial charge >= 0.3 is 0 Å². The quantitative estimate of drug-likeness (QED) is 0.671. The van der Waals surface area contributed by atoms with Gasteiger partial charge in [-0.05, 0) is 24.1 Å². The third-order valence-electron chi connectivity index (χ3n) is 0.874. The lowest BCUT2D eigenvalue weighted by molar-refractivity contribution is 0.427. The van der Waals surface area contributed by atoms with Gasteiger partial charge in [0.05, 0.1) is 11.3 Å². The second-order valence-corrected chi connectivity index (χ2v) is 3.38. The zero-order valence-corrected chi connectivity index (χ0v) is 6.59. The highest BCUT2D eigenvalue weighted by Crippen LogP contribution is 2.28. The fourth-order valence-electron chi connectivity index (χ4n) is 0.476. The van der Waals surface area contributed by atoms with Crippen LogP contribution in [-0.2, 0) is 0 Å². The van der Waals surface area contributed by atoms with Crippen LogP contribution < -0.4 is 9.88 Å². The maximum Gasteiger partial charge on any atom is 0.174 e. The lowest BCUT2D eigenvalue weighted by Crippen LogP contribution is -1.73. The molecule has 2 N–H and O–H groups in total. The molecule has 1 aromatic rings. The molecule has 1 heterocycles. The van der Waals surface area contributed by atoms with Crippen molar-refractivity contribution in [3.63, 3.8) is 0 Å². The fourth-order valence-corrected chi connectivity index (χ4v) is 1.62. The first-order chi connectivity index (χ1) is 4.36. The van der Waals surface area contributed by atoms with Crippen molar-refractivity contribution in [2.24, 2.45) is 5.14 Å². The van der Waals surface area contributed by atoms with E-state index in [1.165, 1.54) is 11.9 Å². The standard InChI is InChI=1S/C5H7NOS2/c1-7-4-2-3-5(8-4)9-6/h2-3H,6H2,1H3. The van der Waals surface area contributed by atoms with Gasteiger partial charge in [0.2, 0.25) is 0 Å². The van der Waals surface area contributed by atoms with E-state index in [2.05, 4.69) is 0 Å². The van der Waals surface area contributed by atoms with E-state index < -0.39 is 0 Å². The highest BCUT2D eigenvalue weighted by atomic mass is 32.2. The summed E-state index contributed by atoms with van der Waals surface area (Å²) in [6, 6.07) is 3.84. The maximum atomic E-state index is 5.29. The fraction of sp³-hybridized carbons (Fsp3) is 0.200. The van der Waals surface area contributed by atoms with Crippen molar-refractivity contribution >= 4 is 23.3 Å². The number of nitrogens with two attached hydrogens (primary N) is 1. The van der Waals surface area contributed by atoms with Gasteiger partial charge in [-0.3, -0.25) is 5.14 Å². The second kappa shape index (κ2) is 3.10. The molecule has 0 atom stereocenters. The first kappa shape index (κ1) is 6.92. The first-order valence-electron chi connectivity index (χ1n) is 2.37. The first-order valence-corrected chi connectivity index (χ1v) is 4.07. The SMILES string of the molecule is COc1ccc(SN)s1. The molecule has 0 bridgehead atoms. The number of hydrogen-bond donors (Lipinski definition) is 1. The van der Waals surface area contributed by atoms with Crippen LogP contribution in [0.15, 0.2) is 16.3 Å². The van der Waals surface area contributed by atoms with E-state index in [-0.39, 0.29) is 0 Å². The number of ether oxygens (including phenoxy) is 1. The van der Waals surface area contributed by atoms with Crippen LogP contribution in [0.25, 0.3) is 0 Å². The van der Waals surface area contributed by atoms with Crippen LogP contribution in [0, 0.1) is 0 Å². The van der Waals surface area contributed by atoms with Gasteiger partial charge in [-0.25, -0.2) is 0 Å². The maximum absolute atomic E-state index is 5.29. The van der Waals surface area contributed by atoms with Crippen molar-refractivity contribution in [1.29, 1.82) is 0 Å². The highest BCUT2D eigenvalue weighted by Gasteiger charge is 1.95. The summed E-state index contributed by atoms with van der Waals surface area (Å²) in [4.78, 5) is 0. The molecule has 0 aliphatic heterocycles. The third kappa shape index (κ3) is 1.61. The summed E-state index contributed by atoms with van der Waals surface area (Å²) < 4.78 is 6.02. The molecule has 0 aliphatic carbocycles. The van der Waals surface area contributed by atoms with E-state index in [4.69, 9.17) is 9.88 Å². The zero-order chi connectivity index (χ0) is 6.69. The smallest absolute Gasteiger partial charge is 0.174 e. The Labute approximate surface area is 62.1 Å². The molecular weight excluding hydrogens is 154 g/mol. The molecule has 0 aliphatic rings. The zero-order valence-electron chi connectivity index (χ0n) is 4.96. The minimum absolute atomic E-state index is 0.906. The Kier molecular flexibility index (Phi) is 2.38.